The lowest BCUT2D eigenvalue weighted by Gasteiger charge is -2.36. The zero-order chi connectivity index (χ0) is 10.6. The number of rotatable bonds is 5. The van der Waals surface area contributed by atoms with E-state index in [0.717, 1.165) is 32.1 Å². The van der Waals surface area contributed by atoms with Crippen molar-refractivity contribution in [1.82, 2.24) is 4.90 Å². The van der Waals surface area contributed by atoms with Gasteiger partial charge in [0, 0.05) is 13.1 Å². The van der Waals surface area contributed by atoms with Gasteiger partial charge in [0.15, 0.2) is 0 Å². The van der Waals surface area contributed by atoms with E-state index < -0.39 is 0 Å². The summed E-state index contributed by atoms with van der Waals surface area (Å²) in [6.07, 6.45) is 6.55. The maximum absolute atomic E-state index is 11.8. The summed E-state index contributed by atoms with van der Waals surface area (Å²) in [5, 5.41) is 0. The Labute approximate surface area is 86.6 Å². The first-order valence-electron chi connectivity index (χ1n) is 5.69. The highest BCUT2D eigenvalue weighted by Gasteiger charge is 2.28. The molecule has 0 spiro atoms. The Bertz CT molecular complexity index is 190. The van der Waals surface area contributed by atoms with Gasteiger partial charge in [0.2, 0.25) is 5.91 Å². The summed E-state index contributed by atoms with van der Waals surface area (Å²) in [7, 11) is 1.89. The summed E-state index contributed by atoms with van der Waals surface area (Å²) in [4.78, 5) is 13.6. The highest BCUT2D eigenvalue weighted by atomic mass is 16.2. The predicted molar refractivity (Wildman–Crippen MR) is 57.9 cm³/mol. The van der Waals surface area contributed by atoms with Gasteiger partial charge in [0.05, 0.1) is 6.04 Å². The van der Waals surface area contributed by atoms with Gasteiger partial charge in [-0.1, -0.05) is 19.8 Å². The third-order valence-electron chi connectivity index (χ3n) is 3.16. The number of nitrogens with zero attached hydrogens (tertiary/aromatic N) is 1. The molecule has 0 saturated heterocycles. The first-order valence-corrected chi connectivity index (χ1v) is 5.69. The molecule has 1 aliphatic carbocycles. The van der Waals surface area contributed by atoms with Crippen LogP contribution in [0.15, 0.2) is 0 Å². The zero-order valence-corrected chi connectivity index (χ0v) is 9.33. The second kappa shape index (κ2) is 5.35. The number of carbonyl (C=O) groups excluding carboxylic acids is 1. The minimum absolute atomic E-state index is 0.128. The average Bonchev–Trinajstić information content (AvgIpc) is 2.10. The quantitative estimate of drug-likeness (QED) is 0.728. The van der Waals surface area contributed by atoms with Crippen molar-refractivity contribution in [2.45, 2.75) is 57.5 Å². The van der Waals surface area contributed by atoms with Gasteiger partial charge in [-0.05, 0) is 25.7 Å². The van der Waals surface area contributed by atoms with Crippen LogP contribution >= 0.6 is 0 Å². The van der Waals surface area contributed by atoms with Crippen LogP contribution in [0.2, 0.25) is 0 Å². The number of carbonyl (C=O) groups is 1. The van der Waals surface area contributed by atoms with Crippen LogP contribution in [0.3, 0.4) is 0 Å². The van der Waals surface area contributed by atoms with E-state index in [-0.39, 0.29) is 11.9 Å². The van der Waals surface area contributed by atoms with Crippen molar-refractivity contribution in [3.05, 3.63) is 0 Å². The van der Waals surface area contributed by atoms with Gasteiger partial charge in [-0.15, -0.1) is 0 Å². The van der Waals surface area contributed by atoms with Crippen molar-refractivity contribution in [2.24, 2.45) is 5.73 Å². The van der Waals surface area contributed by atoms with E-state index in [9.17, 15) is 4.79 Å². The summed E-state index contributed by atoms with van der Waals surface area (Å²) in [6.45, 7) is 2.12. The molecule has 0 aromatic heterocycles. The topological polar surface area (TPSA) is 46.3 Å². The molecule has 0 aliphatic heterocycles. The van der Waals surface area contributed by atoms with Crippen LogP contribution in [0, 0.1) is 0 Å². The molecular weight excluding hydrogens is 176 g/mol. The van der Waals surface area contributed by atoms with E-state index in [1.807, 2.05) is 11.9 Å². The molecule has 3 heteroatoms. The van der Waals surface area contributed by atoms with Gasteiger partial charge in [-0.25, -0.2) is 0 Å². The smallest absolute Gasteiger partial charge is 0.239 e. The van der Waals surface area contributed by atoms with Crippen LogP contribution in [-0.2, 0) is 4.79 Å². The van der Waals surface area contributed by atoms with Crippen LogP contribution in [0.25, 0.3) is 0 Å². The van der Waals surface area contributed by atoms with Gasteiger partial charge < -0.3 is 10.6 Å². The van der Waals surface area contributed by atoms with E-state index in [0.29, 0.717) is 6.04 Å². The van der Waals surface area contributed by atoms with Crippen molar-refractivity contribution in [1.29, 1.82) is 0 Å². The van der Waals surface area contributed by atoms with Crippen LogP contribution in [-0.4, -0.2) is 29.9 Å². The van der Waals surface area contributed by atoms with Gasteiger partial charge in [-0.3, -0.25) is 4.79 Å². The molecule has 3 nitrogen and oxygen atoms in total. The number of likely N-dealkylation sites (N-methyl/N-ethyl adjacent to an activating group) is 1. The normalized spacial score (nSPS) is 18.8. The molecule has 0 bridgehead atoms. The summed E-state index contributed by atoms with van der Waals surface area (Å²) in [6, 6.07) is 0.190. The molecule has 0 heterocycles. The molecule has 1 aliphatic rings. The molecule has 1 amide bonds. The third kappa shape index (κ3) is 2.71. The molecule has 0 radical (unpaired) electrons. The zero-order valence-electron chi connectivity index (χ0n) is 9.33. The van der Waals surface area contributed by atoms with Gasteiger partial charge >= 0.3 is 0 Å². The van der Waals surface area contributed by atoms with Crippen molar-refractivity contribution in [3.63, 3.8) is 0 Å². The van der Waals surface area contributed by atoms with Crippen LogP contribution < -0.4 is 5.73 Å². The van der Waals surface area contributed by atoms with Crippen LogP contribution in [0.1, 0.15) is 45.4 Å². The Kier molecular flexibility index (Phi) is 4.39. The van der Waals surface area contributed by atoms with Crippen molar-refractivity contribution >= 4 is 5.91 Å². The molecule has 1 unspecified atom stereocenters. The molecule has 1 saturated carbocycles. The van der Waals surface area contributed by atoms with Gasteiger partial charge in [0.25, 0.3) is 0 Å². The lowest BCUT2D eigenvalue weighted by molar-refractivity contribution is -0.135. The van der Waals surface area contributed by atoms with Crippen LogP contribution in [0.5, 0.6) is 0 Å². The minimum atomic E-state index is -0.277. The fraction of sp³-hybridized carbons (Fsp3) is 0.909. The fourth-order valence-corrected chi connectivity index (χ4v) is 1.76. The van der Waals surface area contributed by atoms with E-state index in [2.05, 4.69) is 6.92 Å². The average molecular weight is 198 g/mol. The first-order chi connectivity index (χ1) is 6.66. The molecule has 2 N–H and O–H groups in total. The van der Waals surface area contributed by atoms with E-state index in [1.54, 1.807) is 0 Å². The molecular formula is C11H22N2O. The molecule has 0 aromatic rings. The summed E-state index contributed by atoms with van der Waals surface area (Å²) in [5.74, 6) is 0.128. The largest absolute Gasteiger partial charge is 0.341 e. The second-order valence-electron chi connectivity index (χ2n) is 4.28. The number of nitrogens with two attached hydrogens (primary N) is 1. The van der Waals surface area contributed by atoms with E-state index in [1.165, 1.54) is 6.42 Å². The molecule has 1 rings (SSSR count). The second-order valence-corrected chi connectivity index (χ2v) is 4.28. The Morgan fingerprint density at radius 3 is 2.64 bits per heavy atom. The van der Waals surface area contributed by atoms with Crippen molar-refractivity contribution < 1.29 is 4.79 Å². The molecule has 1 fully saturated rings. The van der Waals surface area contributed by atoms with E-state index >= 15 is 0 Å². The van der Waals surface area contributed by atoms with Crippen molar-refractivity contribution in [2.75, 3.05) is 7.05 Å². The third-order valence-corrected chi connectivity index (χ3v) is 3.16. The minimum Gasteiger partial charge on any atom is -0.341 e. The number of hydrogen-bond acceptors (Lipinski definition) is 2. The highest BCUT2D eigenvalue weighted by molar-refractivity contribution is 5.81. The van der Waals surface area contributed by atoms with E-state index in [4.69, 9.17) is 5.73 Å². The monoisotopic (exact) mass is 198 g/mol. The predicted octanol–water partition coefficient (Wildman–Crippen LogP) is 1.51. The summed E-state index contributed by atoms with van der Waals surface area (Å²) < 4.78 is 0. The number of hydrogen-bond donors (Lipinski definition) is 1. The Morgan fingerprint density at radius 1 is 1.57 bits per heavy atom. The SMILES string of the molecule is CCCCC(N)C(=O)N(C)C1CCC1. The maximum Gasteiger partial charge on any atom is 0.239 e. The fourth-order valence-electron chi connectivity index (χ4n) is 1.76. The number of unbranched alkanes of at least 4 members (excludes halogenated alkanes) is 1. The summed E-state index contributed by atoms with van der Waals surface area (Å²) >= 11 is 0. The Balaban J connectivity index is 2.30. The lowest BCUT2D eigenvalue weighted by Crippen LogP contribution is -2.48. The molecule has 14 heavy (non-hydrogen) atoms. The maximum atomic E-state index is 11.8. The lowest BCUT2D eigenvalue weighted by atomic mass is 9.91. The summed E-state index contributed by atoms with van der Waals surface area (Å²) in [5.41, 5.74) is 5.83. The Hall–Kier alpha value is -0.570. The van der Waals surface area contributed by atoms with Crippen molar-refractivity contribution in [3.8, 4) is 0 Å². The molecule has 82 valence electrons. The standard InChI is InChI=1S/C11H22N2O/c1-3-4-8-10(12)11(14)13(2)9-6-5-7-9/h9-10H,3-8,12H2,1-2H3. The van der Waals surface area contributed by atoms with Crippen LogP contribution in [0.4, 0.5) is 0 Å². The van der Waals surface area contributed by atoms with Gasteiger partial charge in [-0.2, -0.15) is 0 Å². The molecule has 0 aromatic carbocycles. The van der Waals surface area contributed by atoms with Gasteiger partial charge in [0.1, 0.15) is 0 Å². The Morgan fingerprint density at radius 2 is 2.21 bits per heavy atom. The first kappa shape index (κ1) is 11.5. The number of amides is 1. The molecule has 1 atom stereocenters. The highest BCUT2D eigenvalue weighted by Crippen LogP contribution is 2.24.